The number of nitrogens with one attached hydrogen (secondary N) is 4. The average molecular weight is 823 g/mol. The van der Waals surface area contributed by atoms with Crippen LogP contribution in [-0.2, 0) is 52.1 Å². The van der Waals surface area contributed by atoms with Crippen molar-refractivity contribution in [3.63, 3.8) is 0 Å². The molecule has 0 aromatic carbocycles. The van der Waals surface area contributed by atoms with Crippen molar-refractivity contribution in [3.8, 4) is 0 Å². The van der Waals surface area contributed by atoms with Crippen molar-refractivity contribution >= 4 is 24.4 Å². The third kappa shape index (κ3) is 44.9. The molecule has 0 atom stereocenters. The van der Waals surface area contributed by atoms with E-state index < -0.39 is 24.4 Å². The summed E-state index contributed by atoms with van der Waals surface area (Å²) in [5, 5.41) is 10.7. The maximum absolute atomic E-state index is 11.7. The maximum Gasteiger partial charge on any atom is 0.407 e. The highest BCUT2D eigenvalue weighted by molar-refractivity contribution is 5.68. The predicted molar refractivity (Wildman–Crippen MR) is 210 cm³/mol. The first-order chi connectivity index (χ1) is 28.0. The quantitative estimate of drug-likeness (QED) is 0.0394. The van der Waals surface area contributed by atoms with Gasteiger partial charge in [-0.1, -0.05) is 51.0 Å². The summed E-state index contributed by atoms with van der Waals surface area (Å²) in [6, 6.07) is 0. The Balaban J connectivity index is 3.22. The van der Waals surface area contributed by atoms with Crippen LogP contribution in [0.5, 0.6) is 0 Å². The van der Waals surface area contributed by atoms with E-state index in [1.807, 2.05) is 0 Å². The molecule has 0 rings (SSSR count). The number of rotatable bonds is 42. The highest BCUT2D eigenvalue weighted by Gasteiger charge is 2.04. The summed E-state index contributed by atoms with van der Waals surface area (Å²) in [6.07, 6.45) is 8.20. The molecule has 0 heterocycles. The van der Waals surface area contributed by atoms with Gasteiger partial charge in [0.1, 0.15) is 26.4 Å². The Morgan fingerprint density at radius 2 is 0.526 bits per heavy atom. The van der Waals surface area contributed by atoms with Crippen molar-refractivity contribution in [2.75, 3.05) is 145 Å². The van der Waals surface area contributed by atoms with E-state index in [4.69, 9.17) is 52.1 Å². The summed E-state index contributed by atoms with van der Waals surface area (Å²) in [5.41, 5.74) is 0. The van der Waals surface area contributed by atoms with E-state index in [9.17, 15) is 19.2 Å². The van der Waals surface area contributed by atoms with E-state index in [0.717, 1.165) is 51.4 Å². The van der Waals surface area contributed by atoms with Gasteiger partial charge in [0.2, 0.25) is 0 Å². The van der Waals surface area contributed by atoms with Crippen molar-refractivity contribution in [3.05, 3.63) is 25.3 Å². The van der Waals surface area contributed by atoms with E-state index in [1.54, 1.807) is 0 Å². The molecule has 0 aromatic heterocycles. The highest BCUT2D eigenvalue weighted by atomic mass is 16.6. The number of ether oxygens (including phenoxy) is 11. The van der Waals surface area contributed by atoms with Crippen LogP contribution in [0.15, 0.2) is 25.3 Å². The van der Waals surface area contributed by atoms with Crippen LogP contribution < -0.4 is 21.3 Å². The Labute approximate surface area is 338 Å². The molecule has 0 saturated carbocycles. The van der Waals surface area contributed by atoms with Crippen molar-refractivity contribution in [1.82, 2.24) is 21.3 Å². The number of carbonyl (C=O) groups is 4. The lowest BCUT2D eigenvalue weighted by atomic mass is 10.2. The topological polar surface area (TPSA) is 218 Å². The van der Waals surface area contributed by atoms with E-state index >= 15 is 0 Å². The molecule has 0 aromatic rings. The number of amides is 4. The fourth-order valence-electron chi connectivity index (χ4n) is 4.25. The molecule has 0 aliphatic rings. The van der Waals surface area contributed by atoms with Gasteiger partial charge in [-0.15, -0.1) is 0 Å². The zero-order valence-corrected chi connectivity index (χ0v) is 33.9. The molecular formula is C38H70N4O15. The molecule has 0 radical (unpaired) electrons. The predicted octanol–water partition coefficient (Wildman–Crippen LogP) is 3.50. The minimum absolute atomic E-state index is 0.155. The minimum Gasteiger partial charge on any atom is -0.447 e. The Morgan fingerprint density at radius 1 is 0.316 bits per heavy atom. The zero-order chi connectivity index (χ0) is 41.5. The van der Waals surface area contributed by atoms with Crippen LogP contribution in [0.2, 0.25) is 0 Å². The molecule has 4 amide bonds. The molecule has 57 heavy (non-hydrogen) atoms. The molecular weight excluding hydrogens is 752 g/mol. The molecule has 4 N–H and O–H groups in total. The Morgan fingerprint density at radius 3 is 0.754 bits per heavy atom. The van der Waals surface area contributed by atoms with Gasteiger partial charge < -0.3 is 73.4 Å². The van der Waals surface area contributed by atoms with Crippen LogP contribution in [0, 0.1) is 0 Å². The highest BCUT2D eigenvalue weighted by Crippen LogP contribution is 1.99. The molecule has 0 aliphatic carbocycles. The molecule has 0 bridgehead atoms. The molecule has 19 nitrogen and oxygen atoms in total. The van der Waals surface area contributed by atoms with Gasteiger partial charge in [-0.25, -0.2) is 19.2 Å². The monoisotopic (exact) mass is 822 g/mol. The van der Waals surface area contributed by atoms with Gasteiger partial charge in [0.15, 0.2) is 0 Å². The molecule has 0 aliphatic heterocycles. The van der Waals surface area contributed by atoms with E-state index in [1.165, 1.54) is 12.2 Å². The number of alkyl carbamates (subject to hydrolysis) is 4. The van der Waals surface area contributed by atoms with Crippen LogP contribution in [0.1, 0.15) is 51.4 Å². The minimum atomic E-state index is -0.475. The van der Waals surface area contributed by atoms with Crippen LogP contribution >= 0.6 is 0 Å². The first kappa shape index (κ1) is 53.3. The van der Waals surface area contributed by atoms with Gasteiger partial charge >= 0.3 is 24.4 Å². The lowest BCUT2D eigenvalue weighted by Crippen LogP contribution is -2.27. The van der Waals surface area contributed by atoms with Gasteiger partial charge in [-0.3, -0.25) is 0 Å². The summed E-state index contributed by atoms with van der Waals surface area (Å²) in [7, 11) is 0. The van der Waals surface area contributed by atoms with Gasteiger partial charge in [0, 0.05) is 26.2 Å². The van der Waals surface area contributed by atoms with Crippen LogP contribution in [0.4, 0.5) is 19.2 Å². The van der Waals surface area contributed by atoms with E-state index in [-0.39, 0.29) is 39.6 Å². The fourth-order valence-corrected chi connectivity index (χ4v) is 4.25. The van der Waals surface area contributed by atoms with Crippen molar-refractivity contribution in [2.24, 2.45) is 0 Å². The molecule has 332 valence electrons. The molecule has 19 heteroatoms. The third-order valence-corrected chi connectivity index (χ3v) is 7.10. The van der Waals surface area contributed by atoms with Crippen molar-refractivity contribution in [2.45, 2.75) is 51.4 Å². The molecule has 0 unspecified atom stereocenters. The summed E-state index contributed by atoms with van der Waals surface area (Å²) in [5.74, 6) is 0. The maximum atomic E-state index is 11.7. The normalized spacial score (nSPS) is 10.7. The standard InChI is InChI=1S/C38H70N4O15/c1-3-17-54-35(43)39-13-9-5-7-11-15-41-37(45)56-33-31-52-29-27-50-25-23-48-21-19-47-20-22-49-24-26-51-28-30-53-32-34-57-38(46)42-16-12-8-6-10-14-40-36(44)55-18-4-2/h3-4H,1-2,5-34H2,(H,39,43)(H,40,44)(H,41,45)(H,42,46). The van der Waals surface area contributed by atoms with Gasteiger partial charge in [-0.2, -0.15) is 0 Å². The summed E-state index contributed by atoms with van der Waals surface area (Å²) < 4.78 is 57.8. The Hall–Kier alpha value is -3.72. The lowest BCUT2D eigenvalue weighted by Gasteiger charge is -2.09. The zero-order valence-electron chi connectivity index (χ0n) is 33.9. The Kier molecular flexibility index (Phi) is 42.1. The largest absolute Gasteiger partial charge is 0.447 e. The average Bonchev–Trinajstić information content (AvgIpc) is 3.21. The smallest absolute Gasteiger partial charge is 0.407 e. The second kappa shape index (κ2) is 45.0. The molecule has 0 saturated heterocycles. The van der Waals surface area contributed by atoms with Crippen LogP contribution in [0.3, 0.4) is 0 Å². The second-order valence-electron chi connectivity index (χ2n) is 11.9. The summed E-state index contributed by atoms with van der Waals surface area (Å²) in [6.45, 7) is 15.5. The van der Waals surface area contributed by atoms with Gasteiger partial charge in [0.05, 0.1) is 92.5 Å². The number of carbonyl (C=O) groups excluding carboxylic acids is 4. The first-order valence-electron chi connectivity index (χ1n) is 19.9. The van der Waals surface area contributed by atoms with Gasteiger partial charge in [-0.05, 0) is 25.7 Å². The SMILES string of the molecule is C=CCOC(=O)NCCCCCCNC(=O)OCCOCCOCCOCCOCCOCCOCCOCCOC(=O)NCCCCCCNC(=O)OCC=C. The fraction of sp³-hybridized carbons (Fsp3) is 0.789. The number of unbranched alkanes of at least 4 members (excludes halogenated alkanes) is 6. The van der Waals surface area contributed by atoms with Crippen LogP contribution in [-0.4, -0.2) is 169 Å². The third-order valence-electron chi connectivity index (χ3n) is 7.10. The van der Waals surface area contributed by atoms with Gasteiger partial charge in [0.25, 0.3) is 0 Å². The molecule has 0 fully saturated rings. The first-order valence-corrected chi connectivity index (χ1v) is 19.9. The second-order valence-corrected chi connectivity index (χ2v) is 11.9. The summed E-state index contributed by atoms with van der Waals surface area (Å²) >= 11 is 0. The van der Waals surface area contributed by atoms with E-state index in [2.05, 4.69) is 34.4 Å². The van der Waals surface area contributed by atoms with Crippen molar-refractivity contribution in [1.29, 1.82) is 0 Å². The van der Waals surface area contributed by atoms with E-state index in [0.29, 0.717) is 105 Å². The van der Waals surface area contributed by atoms with Crippen molar-refractivity contribution < 1.29 is 71.3 Å². The Bertz CT molecular complexity index is 907. The lowest BCUT2D eigenvalue weighted by molar-refractivity contribution is -0.0227. The number of hydrogen-bond acceptors (Lipinski definition) is 15. The number of hydrogen-bond donors (Lipinski definition) is 4. The summed E-state index contributed by atoms with van der Waals surface area (Å²) in [4.78, 5) is 45.9. The molecule has 0 spiro atoms. The van der Waals surface area contributed by atoms with Crippen LogP contribution in [0.25, 0.3) is 0 Å².